The molecule has 4 heteroatoms. The number of carbonyl (C=O) groups excluding carboxylic acids is 1. The van der Waals surface area contributed by atoms with Crippen molar-refractivity contribution >= 4 is 5.91 Å². The van der Waals surface area contributed by atoms with Gasteiger partial charge in [-0.3, -0.25) is 9.69 Å². The maximum absolute atomic E-state index is 11.3. The van der Waals surface area contributed by atoms with Crippen molar-refractivity contribution in [3.05, 3.63) is 0 Å². The Balaban J connectivity index is 3.75. The molecule has 0 aliphatic carbocycles. The maximum Gasteiger partial charge on any atom is 0.234 e. The second kappa shape index (κ2) is 8.97. The molecule has 0 aliphatic heterocycles. The van der Waals surface area contributed by atoms with Crippen LogP contribution in [-0.2, 0) is 4.79 Å². The summed E-state index contributed by atoms with van der Waals surface area (Å²) >= 11 is 0. The molecule has 14 heavy (non-hydrogen) atoms. The third kappa shape index (κ3) is 6.86. The molecule has 0 heterocycles. The summed E-state index contributed by atoms with van der Waals surface area (Å²) in [5.41, 5.74) is 5.44. The van der Waals surface area contributed by atoms with Crippen LogP contribution in [0.4, 0.5) is 0 Å². The lowest BCUT2D eigenvalue weighted by Gasteiger charge is -2.20. The van der Waals surface area contributed by atoms with E-state index in [-0.39, 0.29) is 5.91 Å². The van der Waals surface area contributed by atoms with Crippen LogP contribution in [0.5, 0.6) is 0 Å². The van der Waals surface area contributed by atoms with Gasteiger partial charge in [0.1, 0.15) is 0 Å². The molecule has 0 aromatic heterocycles. The highest BCUT2D eigenvalue weighted by molar-refractivity contribution is 5.77. The Labute approximate surface area is 86.8 Å². The van der Waals surface area contributed by atoms with Gasteiger partial charge in [-0.2, -0.15) is 0 Å². The minimum absolute atomic E-state index is 0.109. The average Bonchev–Trinajstić information content (AvgIpc) is 2.15. The number of nitrogens with two attached hydrogens (primary N) is 1. The van der Waals surface area contributed by atoms with Crippen molar-refractivity contribution < 1.29 is 4.79 Å². The predicted octanol–water partition coefficient (Wildman–Crippen LogP) is 0.183. The third-order valence-corrected chi connectivity index (χ3v) is 1.96. The Morgan fingerprint density at radius 1 is 1.36 bits per heavy atom. The van der Waals surface area contributed by atoms with Crippen LogP contribution in [0, 0.1) is 0 Å². The average molecular weight is 201 g/mol. The molecule has 0 saturated heterocycles. The summed E-state index contributed by atoms with van der Waals surface area (Å²) in [4.78, 5) is 13.5. The summed E-state index contributed by atoms with van der Waals surface area (Å²) in [5, 5.41) is 2.80. The first kappa shape index (κ1) is 13.4. The fourth-order valence-electron chi connectivity index (χ4n) is 1.36. The van der Waals surface area contributed by atoms with Gasteiger partial charge in [-0.15, -0.1) is 0 Å². The van der Waals surface area contributed by atoms with Crippen LogP contribution in [0.1, 0.15) is 26.7 Å². The molecule has 0 fully saturated rings. The summed E-state index contributed by atoms with van der Waals surface area (Å²) in [7, 11) is 0. The largest absolute Gasteiger partial charge is 0.355 e. The minimum atomic E-state index is 0.109. The normalized spacial score (nSPS) is 10.6. The van der Waals surface area contributed by atoms with E-state index in [9.17, 15) is 4.79 Å². The maximum atomic E-state index is 11.3. The Bertz CT molecular complexity index is 150. The van der Waals surface area contributed by atoms with Gasteiger partial charge in [0.05, 0.1) is 6.54 Å². The first-order valence-electron chi connectivity index (χ1n) is 5.43. The lowest BCUT2D eigenvalue weighted by molar-refractivity contribution is -0.122. The van der Waals surface area contributed by atoms with E-state index < -0.39 is 0 Å². The number of nitrogens with one attached hydrogen (secondary N) is 1. The highest BCUT2D eigenvalue weighted by atomic mass is 16.2. The number of nitrogens with zero attached hydrogens (tertiary/aromatic N) is 1. The minimum Gasteiger partial charge on any atom is -0.355 e. The van der Waals surface area contributed by atoms with E-state index in [0.717, 1.165) is 25.9 Å². The third-order valence-electron chi connectivity index (χ3n) is 1.96. The number of amides is 1. The first-order valence-corrected chi connectivity index (χ1v) is 5.43. The molecule has 0 aromatic rings. The van der Waals surface area contributed by atoms with Crippen molar-refractivity contribution in [1.29, 1.82) is 0 Å². The van der Waals surface area contributed by atoms with Gasteiger partial charge in [-0.05, 0) is 39.4 Å². The zero-order valence-electron chi connectivity index (χ0n) is 9.38. The predicted molar refractivity (Wildman–Crippen MR) is 59.1 cm³/mol. The highest BCUT2D eigenvalue weighted by Gasteiger charge is 2.07. The molecular weight excluding hydrogens is 178 g/mol. The molecule has 0 spiro atoms. The van der Waals surface area contributed by atoms with Gasteiger partial charge in [-0.1, -0.05) is 6.92 Å². The van der Waals surface area contributed by atoms with Crippen LogP contribution in [0.2, 0.25) is 0 Å². The molecule has 0 aromatic carbocycles. The molecule has 84 valence electrons. The number of likely N-dealkylation sites (N-methyl/N-ethyl adjacent to an activating group) is 1. The van der Waals surface area contributed by atoms with E-state index in [4.69, 9.17) is 5.73 Å². The second-order valence-electron chi connectivity index (χ2n) is 3.37. The first-order chi connectivity index (χ1) is 6.74. The summed E-state index contributed by atoms with van der Waals surface area (Å²) in [6.07, 6.45) is 2.03. The molecule has 0 saturated carbocycles. The van der Waals surface area contributed by atoms with Crippen LogP contribution in [0.15, 0.2) is 0 Å². The van der Waals surface area contributed by atoms with Crippen molar-refractivity contribution in [3.63, 3.8) is 0 Å². The Morgan fingerprint density at radius 3 is 2.57 bits per heavy atom. The quantitative estimate of drug-likeness (QED) is 0.589. The monoisotopic (exact) mass is 201 g/mol. The van der Waals surface area contributed by atoms with E-state index in [1.54, 1.807) is 0 Å². The SMILES string of the molecule is CCCN(CCCN)CC(=O)NCC. The molecular formula is C10H23N3O. The summed E-state index contributed by atoms with van der Waals surface area (Å²) < 4.78 is 0. The van der Waals surface area contributed by atoms with Crippen molar-refractivity contribution in [2.45, 2.75) is 26.7 Å². The lowest BCUT2D eigenvalue weighted by Crippen LogP contribution is -2.38. The molecule has 0 bridgehead atoms. The fraction of sp³-hybridized carbons (Fsp3) is 0.900. The van der Waals surface area contributed by atoms with Gasteiger partial charge in [0.25, 0.3) is 0 Å². The van der Waals surface area contributed by atoms with Crippen molar-refractivity contribution in [2.75, 3.05) is 32.7 Å². The fourth-order valence-corrected chi connectivity index (χ4v) is 1.36. The summed E-state index contributed by atoms with van der Waals surface area (Å²) in [5.74, 6) is 0.109. The molecule has 4 nitrogen and oxygen atoms in total. The molecule has 0 unspecified atom stereocenters. The van der Waals surface area contributed by atoms with Gasteiger partial charge in [0.2, 0.25) is 5.91 Å². The van der Waals surface area contributed by atoms with Crippen LogP contribution < -0.4 is 11.1 Å². The van der Waals surface area contributed by atoms with Gasteiger partial charge in [0, 0.05) is 6.54 Å². The molecule has 3 N–H and O–H groups in total. The van der Waals surface area contributed by atoms with Gasteiger partial charge >= 0.3 is 0 Å². The number of rotatable bonds is 8. The van der Waals surface area contributed by atoms with E-state index in [2.05, 4.69) is 17.1 Å². The highest BCUT2D eigenvalue weighted by Crippen LogP contribution is 1.93. The van der Waals surface area contributed by atoms with E-state index in [0.29, 0.717) is 19.6 Å². The molecule has 0 aliphatic rings. The molecule has 1 amide bonds. The van der Waals surface area contributed by atoms with E-state index in [1.165, 1.54) is 0 Å². The lowest BCUT2D eigenvalue weighted by atomic mass is 10.3. The Morgan fingerprint density at radius 2 is 2.07 bits per heavy atom. The van der Waals surface area contributed by atoms with Gasteiger partial charge < -0.3 is 11.1 Å². The van der Waals surface area contributed by atoms with Crippen molar-refractivity contribution in [2.24, 2.45) is 5.73 Å². The second-order valence-corrected chi connectivity index (χ2v) is 3.37. The number of hydrogen-bond acceptors (Lipinski definition) is 3. The zero-order valence-corrected chi connectivity index (χ0v) is 9.38. The van der Waals surface area contributed by atoms with Gasteiger partial charge in [-0.25, -0.2) is 0 Å². The van der Waals surface area contributed by atoms with E-state index in [1.807, 2.05) is 6.92 Å². The number of carbonyl (C=O) groups is 1. The van der Waals surface area contributed by atoms with Crippen LogP contribution in [0.3, 0.4) is 0 Å². The molecule has 0 radical (unpaired) electrons. The van der Waals surface area contributed by atoms with Crippen molar-refractivity contribution in [3.8, 4) is 0 Å². The van der Waals surface area contributed by atoms with E-state index >= 15 is 0 Å². The zero-order chi connectivity index (χ0) is 10.8. The van der Waals surface area contributed by atoms with Gasteiger partial charge in [0.15, 0.2) is 0 Å². The number of hydrogen-bond donors (Lipinski definition) is 2. The summed E-state index contributed by atoms with van der Waals surface area (Å²) in [6.45, 7) is 7.83. The van der Waals surface area contributed by atoms with Crippen LogP contribution >= 0.6 is 0 Å². The smallest absolute Gasteiger partial charge is 0.234 e. The Hall–Kier alpha value is -0.610. The molecule has 0 atom stereocenters. The topological polar surface area (TPSA) is 58.4 Å². The Kier molecular flexibility index (Phi) is 8.57. The van der Waals surface area contributed by atoms with Crippen LogP contribution in [-0.4, -0.2) is 43.5 Å². The molecule has 0 rings (SSSR count). The standard InChI is InChI=1S/C10H23N3O/c1-3-7-13(8-5-6-11)9-10(14)12-4-2/h3-9,11H2,1-2H3,(H,12,14). The van der Waals surface area contributed by atoms with Crippen molar-refractivity contribution in [1.82, 2.24) is 10.2 Å². The van der Waals surface area contributed by atoms with Crippen LogP contribution in [0.25, 0.3) is 0 Å². The summed E-state index contributed by atoms with van der Waals surface area (Å²) in [6, 6.07) is 0.